The summed E-state index contributed by atoms with van der Waals surface area (Å²) in [6.45, 7) is 2.09. The minimum atomic E-state index is -0.181. The lowest BCUT2D eigenvalue weighted by atomic mass is 9.75. The Morgan fingerprint density at radius 1 is 1.53 bits per heavy atom. The van der Waals surface area contributed by atoms with E-state index in [0.29, 0.717) is 5.92 Å². The van der Waals surface area contributed by atoms with E-state index in [4.69, 9.17) is 10.5 Å². The molecule has 1 unspecified atom stereocenters. The van der Waals surface area contributed by atoms with Crippen molar-refractivity contribution in [1.82, 2.24) is 0 Å². The normalized spacial score (nSPS) is 23.0. The summed E-state index contributed by atoms with van der Waals surface area (Å²) in [5.74, 6) is -0.0464. The summed E-state index contributed by atoms with van der Waals surface area (Å²) < 4.78 is 5.79. The lowest BCUT2D eigenvalue weighted by Gasteiger charge is -2.30. The molecule has 0 aliphatic heterocycles. The van der Waals surface area contributed by atoms with Gasteiger partial charge in [-0.3, -0.25) is 4.79 Å². The number of nitrogens with two attached hydrogens (primary N) is 1. The second kappa shape index (κ2) is 4.69. The first kappa shape index (κ1) is 12.4. The van der Waals surface area contributed by atoms with Gasteiger partial charge in [0.1, 0.15) is 0 Å². The molecule has 0 heterocycles. The number of halogens is 1. The van der Waals surface area contributed by atoms with Gasteiger partial charge in [0.05, 0.1) is 13.0 Å². The Morgan fingerprint density at radius 3 is 2.88 bits per heavy atom. The number of esters is 1. The van der Waals surface area contributed by atoms with Crippen LogP contribution in [-0.2, 0) is 16.0 Å². The van der Waals surface area contributed by atoms with Gasteiger partial charge >= 0.3 is 5.97 Å². The molecule has 1 aliphatic carbocycles. The number of ether oxygens (including phenoxy) is 1. The van der Waals surface area contributed by atoms with Crippen LogP contribution < -0.4 is 5.73 Å². The monoisotopic (exact) mass is 297 g/mol. The van der Waals surface area contributed by atoms with Crippen molar-refractivity contribution in [2.24, 2.45) is 5.92 Å². The molecule has 92 valence electrons. The van der Waals surface area contributed by atoms with Gasteiger partial charge in [0.2, 0.25) is 0 Å². The lowest BCUT2D eigenvalue weighted by molar-refractivity contribution is -0.144. The largest absolute Gasteiger partial charge is 0.469 e. The zero-order chi connectivity index (χ0) is 12.6. The molecule has 3 nitrogen and oxygen atoms in total. The molecule has 0 saturated carbocycles. The maximum atomic E-state index is 11.9. The second-order valence-electron chi connectivity index (χ2n) is 4.55. The van der Waals surface area contributed by atoms with E-state index in [1.165, 1.54) is 7.11 Å². The van der Waals surface area contributed by atoms with Gasteiger partial charge in [-0.05, 0) is 51.9 Å². The standard InChI is InChI=1S/C13H16BrNO2/c1-7-3-4-9-8(11(7)13(16)17-2)5-6-10(14)12(9)15/h5-7,11H,3-4,15H2,1-2H3/t7-,11?/m0/s1. The molecular weight excluding hydrogens is 282 g/mol. The van der Waals surface area contributed by atoms with E-state index < -0.39 is 0 Å². The molecule has 0 aromatic heterocycles. The summed E-state index contributed by atoms with van der Waals surface area (Å²) in [6, 6.07) is 3.88. The minimum absolute atomic E-state index is 0.167. The van der Waals surface area contributed by atoms with Crippen molar-refractivity contribution in [3.05, 3.63) is 27.7 Å². The number of nitrogen functional groups attached to an aromatic ring is 1. The Balaban J connectivity index is 2.52. The van der Waals surface area contributed by atoms with Crippen molar-refractivity contribution < 1.29 is 9.53 Å². The van der Waals surface area contributed by atoms with Gasteiger partial charge in [0.25, 0.3) is 0 Å². The van der Waals surface area contributed by atoms with Crippen LogP contribution in [0.25, 0.3) is 0 Å². The molecule has 0 amide bonds. The van der Waals surface area contributed by atoms with Gasteiger partial charge in [-0.25, -0.2) is 0 Å². The molecule has 0 spiro atoms. The third-order valence-electron chi connectivity index (χ3n) is 3.55. The van der Waals surface area contributed by atoms with Crippen molar-refractivity contribution in [3.63, 3.8) is 0 Å². The highest BCUT2D eigenvalue weighted by Gasteiger charge is 2.34. The zero-order valence-corrected chi connectivity index (χ0v) is 11.6. The number of anilines is 1. The van der Waals surface area contributed by atoms with E-state index >= 15 is 0 Å². The summed E-state index contributed by atoms with van der Waals surface area (Å²) >= 11 is 3.42. The molecule has 1 aliphatic rings. The van der Waals surface area contributed by atoms with E-state index in [0.717, 1.165) is 34.1 Å². The lowest BCUT2D eigenvalue weighted by Crippen LogP contribution is -2.27. The predicted octanol–water partition coefficient (Wildman–Crippen LogP) is 2.87. The highest BCUT2D eigenvalue weighted by Crippen LogP contribution is 2.41. The van der Waals surface area contributed by atoms with Gasteiger partial charge in [-0.1, -0.05) is 13.0 Å². The van der Waals surface area contributed by atoms with Crippen molar-refractivity contribution in [1.29, 1.82) is 0 Å². The third-order valence-corrected chi connectivity index (χ3v) is 4.24. The quantitative estimate of drug-likeness (QED) is 0.640. The first-order chi connectivity index (χ1) is 8.06. The molecular formula is C13H16BrNO2. The molecule has 0 saturated heterocycles. The molecule has 4 heteroatoms. The first-order valence-corrected chi connectivity index (χ1v) is 6.50. The number of hydrogen-bond acceptors (Lipinski definition) is 3. The predicted molar refractivity (Wildman–Crippen MR) is 70.8 cm³/mol. The van der Waals surface area contributed by atoms with Gasteiger partial charge in [-0.2, -0.15) is 0 Å². The molecule has 2 N–H and O–H groups in total. The number of carbonyl (C=O) groups is 1. The molecule has 1 aromatic rings. The van der Waals surface area contributed by atoms with Crippen LogP contribution in [0.3, 0.4) is 0 Å². The summed E-state index contributed by atoms with van der Waals surface area (Å²) in [6.07, 6.45) is 1.89. The fourth-order valence-corrected chi connectivity index (χ4v) is 2.93. The topological polar surface area (TPSA) is 52.3 Å². The van der Waals surface area contributed by atoms with E-state index in [1.54, 1.807) is 0 Å². The Kier molecular flexibility index (Phi) is 3.43. The van der Waals surface area contributed by atoms with E-state index in [-0.39, 0.29) is 11.9 Å². The fourth-order valence-electron chi connectivity index (χ4n) is 2.55. The Bertz CT molecular complexity index is 459. The molecule has 2 rings (SSSR count). The number of carbonyl (C=O) groups excluding carboxylic acids is 1. The molecule has 0 radical (unpaired) electrons. The highest BCUT2D eigenvalue weighted by atomic mass is 79.9. The average Bonchev–Trinajstić information content (AvgIpc) is 2.33. The van der Waals surface area contributed by atoms with Crippen molar-refractivity contribution in [2.45, 2.75) is 25.7 Å². The van der Waals surface area contributed by atoms with Crippen LogP contribution in [-0.4, -0.2) is 13.1 Å². The maximum absolute atomic E-state index is 11.9. The highest BCUT2D eigenvalue weighted by molar-refractivity contribution is 9.10. The molecule has 1 aromatic carbocycles. The first-order valence-electron chi connectivity index (χ1n) is 5.70. The summed E-state index contributed by atoms with van der Waals surface area (Å²) in [4.78, 5) is 11.9. The summed E-state index contributed by atoms with van der Waals surface area (Å²) in [7, 11) is 1.44. The van der Waals surface area contributed by atoms with Crippen LogP contribution in [0.2, 0.25) is 0 Å². The van der Waals surface area contributed by atoms with Crippen molar-refractivity contribution >= 4 is 27.6 Å². The summed E-state index contributed by atoms with van der Waals surface area (Å²) in [5, 5.41) is 0. The summed E-state index contributed by atoms with van der Waals surface area (Å²) in [5.41, 5.74) is 8.92. The van der Waals surface area contributed by atoms with Gasteiger partial charge in [0.15, 0.2) is 0 Å². The molecule has 0 bridgehead atoms. The number of methoxy groups -OCH3 is 1. The van der Waals surface area contributed by atoms with Crippen molar-refractivity contribution in [3.8, 4) is 0 Å². The van der Waals surface area contributed by atoms with E-state index in [2.05, 4.69) is 22.9 Å². The maximum Gasteiger partial charge on any atom is 0.313 e. The van der Waals surface area contributed by atoms with Crippen LogP contribution in [0.15, 0.2) is 16.6 Å². The SMILES string of the molecule is COC(=O)C1c2ccc(Br)c(N)c2CC[C@@H]1C. The average molecular weight is 298 g/mol. The minimum Gasteiger partial charge on any atom is -0.469 e. The Labute approximate surface area is 109 Å². The zero-order valence-electron chi connectivity index (χ0n) is 10.00. The van der Waals surface area contributed by atoms with Crippen LogP contribution in [0.1, 0.15) is 30.4 Å². The van der Waals surface area contributed by atoms with Gasteiger partial charge < -0.3 is 10.5 Å². The molecule has 0 fully saturated rings. The van der Waals surface area contributed by atoms with Crippen LogP contribution in [0.4, 0.5) is 5.69 Å². The van der Waals surface area contributed by atoms with E-state index in [9.17, 15) is 4.79 Å². The number of benzene rings is 1. The van der Waals surface area contributed by atoms with Gasteiger partial charge in [-0.15, -0.1) is 0 Å². The second-order valence-corrected chi connectivity index (χ2v) is 5.40. The van der Waals surface area contributed by atoms with Crippen LogP contribution >= 0.6 is 15.9 Å². The fraction of sp³-hybridized carbons (Fsp3) is 0.462. The third kappa shape index (κ3) is 2.06. The smallest absolute Gasteiger partial charge is 0.313 e. The Morgan fingerprint density at radius 2 is 2.24 bits per heavy atom. The molecule has 2 atom stereocenters. The van der Waals surface area contributed by atoms with E-state index in [1.807, 2.05) is 12.1 Å². The number of rotatable bonds is 1. The molecule has 17 heavy (non-hydrogen) atoms. The number of hydrogen-bond donors (Lipinski definition) is 1. The van der Waals surface area contributed by atoms with Crippen molar-refractivity contribution in [2.75, 3.05) is 12.8 Å². The van der Waals surface area contributed by atoms with Gasteiger partial charge in [0, 0.05) is 10.2 Å². The van der Waals surface area contributed by atoms with Crippen LogP contribution in [0, 0.1) is 5.92 Å². The Hall–Kier alpha value is -1.03. The number of fused-ring (bicyclic) bond motifs is 1. The van der Waals surface area contributed by atoms with Crippen LogP contribution in [0.5, 0.6) is 0 Å².